The predicted octanol–water partition coefficient (Wildman–Crippen LogP) is 1.63. The lowest BCUT2D eigenvalue weighted by molar-refractivity contribution is 0.601. The van der Waals surface area contributed by atoms with Gasteiger partial charge in [0.15, 0.2) is 0 Å². The zero-order chi connectivity index (χ0) is 13.9. The molecule has 0 aliphatic heterocycles. The molecular formula is C12H14N4O2S. The van der Waals surface area contributed by atoms with Crippen LogP contribution in [0.1, 0.15) is 5.69 Å². The lowest BCUT2D eigenvalue weighted by atomic mass is 10.3. The van der Waals surface area contributed by atoms with Gasteiger partial charge in [-0.05, 0) is 31.2 Å². The fourth-order valence-electron chi connectivity index (χ4n) is 1.48. The van der Waals surface area contributed by atoms with Crippen molar-refractivity contribution in [2.75, 3.05) is 17.1 Å². The van der Waals surface area contributed by atoms with E-state index in [-0.39, 0.29) is 4.90 Å². The Kier molecular flexibility index (Phi) is 3.66. The van der Waals surface area contributed by atoms with Gasteiger partial charge >= 0.3 is 0 Å². The Morgan fingerprint density at radius 1 is 1.16 bits per heavy atom. The minimum atomic E-state index is -3.64. The third-order valence-electron chi connectivity index (χ3n) is 2.55. The highest BCUT2D eigenvalue weighted by atomic mass is 32.2. The summed E-state index contributed by atoms with van der Waals surface area (Å²) in [6, 6.07) is 6.43. The Balaban J connectivity index is 2.30. The summed E-state index contributed by atoms with van der Waals surface area (Å²) in [4.78, 5) is 8.12. The fourth-order valence-corrected chi connectivity index (χ4v) is 2.54. The molecule has 2 aromatic rings. The van der Waals surface area contributed by atoms with Crippen LogP contribution in [0.2, 0.25) is 0 Å². The molecule has 0 radical (unpaired) electrons. The van der Waals surface area contributed by atoms with E-state index in [1.54, 1.807) is 38.4 Å². The molecule has 6 nitrogen and oxygen atoms in total. The molecule has 0 aliphatic rings. The zero-order valence-corrected chi connectivity index (χ0v) is 11.4. The maximum absolute atomic E-state index is 12.2. The van der Waals surface area contributed by atoms with Crippen LogP contribution in [0.5, 0.6) is 0 Å². The van der Waals surface area contributed by atoms with Gasteiger partial charge in [0, 0.05) is 19.4 Å². The van der Waals surface area contributed by atoms with Crippen LogP contribution in [0.25, 0.3) is 0 Å². The molecule has 0 saturated carbocycles. The highest BCUT2D eigenvalue weighted by Crippen LogP contribution is 2.17. The molecule has 2 heterocycles. The number of hydrogen-bond acceptors (Lipinski definition) is 5. The SMILES string of the molecule is CNc1ccc(S(=O)(=O)Nc2cccnc2C)cn1. The van der Waals surface area contributed by atoms with Crippen LogP contribution in [-0.2, 0) is 10.0 Å². The average Bonchev–Trinajstić information content (AvgIpc) is 2.41. The van der Waals surface area contributed by atoms with Crippen LogP contribution >= 0.6 is 0 Å². The fraction of sp³-hybridized carbons (Fsp3) is 0.167. The van der Waals surface area contributed by atoms with Gasteiger partial charge in [0.25, 0.3) is 10.0 Å². The minimum absolute atomic E-state index is 0.106. The van der Waals surface area contributed by atoms with Crippen molar-refractivity contribution in [1.82, 2.24) is 9.97 Å². The van der Waals surface area contributed by atoms with Gasteiger partial charge in [-0.3, -0.25) is 9.71 Å². The van der Waals surface area contributed by atoms with E-state index in [1.165, 1.54) is 12.3 Å². The van der Waals surface area contributed by atoms with Gasteiger partial charge in [-0.2, -0.15) is 0 Å². The molecule has 0 spiro atoms. The topological polar surface area (TPSA) is 84.0 Å². The summed E-state index contributed by atoms with van der Waals surface area (Å²) in [7, 11) is -1.93. The van der Waals surface area contributed by atoms with Crippen LogP contribution in [0.4, 0.5) is 11.5 Å². The summed E-state index contributed by atoms with van der Waals surface area (Å²) in [6.45, 7) is 1.74. The van der Waals surface area contributed by atoms with Crippen LogP contribution in [-0.4, -0.2) is 25.4 Å². The first-order valence-corrected chi connectivity index (χ1v) is 7.09. The van der Waals surface area contributed by atoms with Crippen LogP contribution in [0.15, 0.2) is 41.6 Å². The molecular weight excluding hydrogens is 264 g/mol. The lowest BCUT2D eigenvalue weighted by Crippen LogP contribution is -2.14. The molecule has 2 rings (SSSR count). The van der Waals surface area contributed by atoms with Gasteiger partial charge in [0.1, 0.15) is 10.7 Å². The first-order valence-electron chi connectivity index (χ1n) is 5.61. The van der Waals surface area contributed by atoms with Gasteiger partial charge in [-0.15, -0.1) is 0 Å². The molecule has 2 N–H and O–H groups in total. The molecule has 0 amide bonds. The number of hydrogen-bond donors (Lipinski definition) is 2. The number of nitrogens with one attached hydrogen (secondary N) is 2. The van der Waals surface area contributed by atoms with E-state index < -0.39 is 10.0 Å². The quantitative estimate of drug-likeness (QED) is 0.888. The number of pyridine rings is 2. The van der Waals surface area contributed by atoms with E-state index in [2.05, 4.69) is 20.0 Å². The van der Waals surface area contributed by atoms with Crippen LogP contribution in [0.3, 0.4) is 0 Å². The van der Waals surface area contributed by atoms with Gasteiger partial charge < -0.3 is 5.32 Å². The maximum atomic E-state index is 12.2. The normalized spacial score (nSPS) is 11.1. The van der Waals surface area contributed by atoms with Crippen molar-refractivity contribution in [3.05, 3.63) is 42.4 Å². The van der Waals surface area contributed by atoms with Crippen molar-refractivity contribution < 1.29 is 8.42 Å². The molecule has 2 aromatic heterocycles. The summed E-state index contributed by atoms with van der Waals surface area (Å²) in [5.74, 6) is 0.608. The molecule has 0 unspecified atom stereocenters. The molecule has 0 atom stereocenters. The number of aromatic nitrogens is 2. The summed E-state index contributed by atoms with van der Waals surface area (Å²) >= 11 is 0. The third kappa shape index (κ3) is 3.00. The number of anilines is 2. The molecule has 0 aromatic carbocycles. The lowest BCUT2D eigenvalue weighted by Gasteiger charge is -2.09. The van der Waals surface area contributed by atoms with Crippen molar-refractivity contribution in [3.63, 3.8) is 0 Å². The number of sulfonamides is 1. The Hall–Kier alpha value is -2.15. The first kappa shape index (κ1) is 13.3. The zero-order valence-electron chi connectivity index (χ0n) is 10.6. The van der Waals surface area contributed by atoms with E-state index >= 15 is 0 Å². The van der Waals surface area contributed by atoms with E-state index in [1.807, 2.05) is 0 Å². The second kappa shape index (κ2) is 5.23. The third-order valence-corrected chi connectivity index (χ3v) is 3.90. The highest BCUT2D eigenvalue weighted by Gasteiger charge is 2.15. The molecule has 19 heavy (non-hydrogen) atoms. The first-order chi connectivity index (χ1) is 9.03. The second-order valence-electron chi connectivity index (χ2n) is 3.87. The van der Waals surface area contributed by atoms with Gasteiger partial charge in [0.05, 0.1) is 11.4 Å². The van der Waals surface area contributed by atoms with Crippen molar-refractivity contribution in [2.45, 2.75) is 11.8 Å². The largest absolute Gasteiger partial charge is 0.373 e. The van der Waals surface area contributed by atoms with E-state index in [0.29, 0.717) is 17.2 Å². The van der Waals surface area contributed by atoms with E-state index in [4.69, 9.17) is 0 Å². The Labute approximate surface area is 112 Å². The van der Waals surface area contributed by atoms with Crippen LogP contribution in [0, 0.1) is 6.92 Å². The van der Waals surface area contributed by atoms with Gasteiger partial charge in [-0.1, -0.05) is 0 Å². The Bertz CT molecular complexity index is 668. The standard InChI is InChI=1S/C12H14N4O2S/c1-9-11(4-3-7-14-9)16-19(17,18)10-5-6-12(13-2)15-8-10/h3-8,16H,1-2H3,(H,13,15). The van der Waals surface area contributed by atoms with Crippen molar-refractivity contribution in [1.29, 1.82) is 0 Å². The molecule has 0 bridgehead atoms. The monoisotopic (exact) mass is 278 g/mol. The average molecular weight is 278 g/mol. The van der Waals surface area contributed by atoms with Crippen molar-refractivity contribution in [2.24, 2.45) is 0 Å². The molecule has 0 aliphatic carbocycles. The summed E-state index contributed by atoms with van der Waals surface area (Å²) in [5.41, 5.74) is 1.08. The summed E-state index contributed by atoms with van der Waals surface area (Å²) in [6.07, 6.45) is 2.91. The van der Waals surface area contributed by atoms with Crippen molar-refractivity contribution >= 4 is 21.5 Å². The molecule has 100 valence electrons. The summed E-state index contributed by atoms with van der Waals surface area (Å²) in [5, 5.41) is 2.83. The Morgan fingerprint density at radius 2 is 1.95 bits per heavy atom. The second-order valence-corrected chi connectivity index (χ2v) is 5.55. The number of aryl methyl sites for hydroxylation is 1. The maximum Gasteiger partial charge on any atom is 0.263 e. The predicted molar refractivity (Wildman–Crippen MR) is 73.6 cm³/mol. The smallest absolute Gasteiger partial charge is 0.263 e. The van der Waals surface area contributed by atoms with Gasteiger partial charge in [-0.25, -0.2) is 13.4 Å². The molecule has 0 fully saturated rings. The van der Waals surface area contributed by atoms with E-state index in [9.17, 15) is 8.42 Å². The van der Waals surface area contributed by atoms with Crippen LogP contribution < -0.4 is 10.0 Å². The summed E-state index contributed by atoms with van der Waals surface area (Å²) < 4.78 is 26.8. The minimum Gasteiger partial charge on any atom is -0.373 e. The molecule has 0 saturated heterocycles. The highest BCUT2D eigenvalue weighted by molar-refractivity contribution is 7.92. The number of rotatable bonds is 4. The Morgan fingerprint density at radius 3 is 2.53 bits per heavy atom. The molecule has 7 heteroatoms. The number of nitrogens with zero attached hydrogens (tertiary/aromatic N) is 2. The van der Waals surface area contributed by atoms with E-state index in [0.717, 1.165) is 0 Å². The van der Waals surface area contributed by atoms with Crippen molar-refractivity contribution in [3.8, 4) is 0 Å². The van der Waals surface area contributed by atoms with Gasteiger partial charge in [0.2, 0.25) is 0 Å².